The lowest BCUT2D eigenvalue weighted by Gasteiger charge is -2.01. The third kappa shape index (κ3) is 2.46. The Hall–Kier alpha value is -1.62. The smallest absolute Gasteiger partial charge is 0.260 e. The standard InChI is InChI=1S/C12H12ClFN2O2/c1-3-9(13)11-15-12(18-16-11)8-5-4-7(17-2)6-10(8)14/h4-6,9H,3H2,1-2H3. The lowest BCUT2D eigenvalue weighted by molar-refractivity contribution is 0.408. The SMILES string of the molecule is CCC(Cl)c1noc(-c2ccc(OC)cc2F)n1. The molecule has 0 fully saturated rings. The van der Waals surface area contributed by atoms with Gasteiger partial charge in [0.25, 0.3) is 5.89 Å². The molecule has 1 aromatic carbocycles. The second kappa shape index (κ2) is 5.35. The predicted molar refractivity (Wildman–Crippen MR) is 65.1 cm³/mol. The summed E-state index contributed by atoms with van der Waals surface area (Å²) in [5.74, 6) is 0.431. The molecule has 0 spiro atoms. The van der Waals surface area contributed by atoms with Gasteiger partial charge in [-0.15, -0.1) is 11.6 Å². The van der Waals surface area contributed by atoms with Gasteiger partial charge < -0.3 is 9.26 Å². The van der Waals surface area contributed by atoms with Crippen LogP contribution in [0.2, 0.25) is 0 Å². The van der Waals surface area contributed by atoms with Gasteiger partial charge in [-0.2, -0.15) is 4.98 Å². The second-order valence-electron chi connectivity index (χ2n) is 3.68. The van der Waals surface area contributed by atoms with Crippen molar-refractivity contribution in [3.05, 3.63) is 29.8 Å². The normalized spacial score (nSPS) is 12.4. The Kier molecular flexibility index (Phi) is 3.81. The zero-order valence-corrected chi connectivity index (χ0v) is 10.7. The maximum Gasteiger partial charge on any atom is 0.260 e. The zero-order valence-electron chi connectivity index (χ0n) is 9.98. The van der Waals surface area contributed by atoms with Crippen molar-refractivity contribution in [1.29, 1.82) is 0 Å². The Labute approximate surface area is 109 Å². The minimum atomic E-state index is -0.479. The van der Waals surface area contributed by atoms with E-state index in [0.717, 1.165) is 0 Å². The molecule has 0 bridgehead atoms. The van der Waals surface area contributed by atoms with Gasteiger partial charge in [-0.1, -0.05) is 12.1 Å². The highest BCUT2D eigenvalue weighted by Gasteiger charge is 2.17. The summed E-state index contributed by atoms with van der Waals surface area (Å²) >= 11 is 5.98. The van der Waals surface area contributed by atoms with E-state index in [-0.39, 0.29) is 16.8 Å². The first-order valence-electron chi connectivity index (χ1n) is 5.47. The molecule has 0 saturated carbocycles. The van der Waals surface area contributed by atoms with E-state index in [1.807, 2.05) is 6.92 Å². The predicted octanol–water partition coefficient (Wildman–Crippen LogP) is 3.57. The molecule has 0 aliphatic heterocycles. The van der Waals surface area contributed by atoms with Crippen LogP contribution in [0.1, 0.15) is 24.5 Å². The molecule has 96 valence electrons. The van der Waals surface area contributed by atoms with Crippen molar-refractivity contribution in [1.82, 2.24) is 10.1 Å². The number of nitrogens with zero attached hydrogens (tertiary/aromatic N) is 2. The van der Waals surface area contributed by atoms with E-state index in [0.29, 0.717) is 18.0 Å². The molecule has 0 aliphatic rings. The molecule has 0 saturated heterocycles. The van der Waals surface area contributed by atoms with E-state index in [1.54, 1.807) is 6.07 Å². The number of hydrogen-bond acceptors (Lipinski definition) is 4. The fourth-order valence-corrected chi connectivity index (χ4v) is 1.54. The Morgan fingerprint density at radius 1 is 1.50 bits per heavy atom. The van der Waals surface area contributed by atoms with Crippen molar-refractivity contribution in [2.24, 2.45) is 0 Å². The van der Waals surface area contributed by atoms with Crippen LogP contribution in [0.3, 0.4) is 0 Å². The first-order valence-corrected chi connectivity index (χ1v) is 5.91. The van der Waals surface area contributed by atoms with Crippen LogP contribution >= 0.6 is 11.6 Å². The third-order valence-electron chi connectivity index (χ3n) is 2.49. The summed E-state index contributed by atoms with van der Waals surface area (Å²) in [5.41, 5.74) is 0.231. The summed E-state index contributed by atoms with van der Waals surface area (Å²) in [6, 6.07) is 4.41. The Bertz CT molecular complexity index is 545. The van der Waals surface area contributed by atoms with Crippen LogP contribution in [0.4, 0.5) is 4.39 Å². The Balaban J connectivity index is 2.34. The van der Waals surface area contributed by atoms with Gasteiger partial charge in [0.15, 0.2) is 5.82 Å². The van der Waals surface area contributed by atoms with Crippen molar-refractivity contribution in [3.63, 3.8) is 0 Å². The van der Waals surface area contributed by atoms with Crippen LogP contribution in [0.25, 0.3) is 11.5 Å². The molecule has 2 rings (SSSR count). The summed E-state index contributed by atoms with van der Waals surface area (Å²) < 4.78 is 23.7. The molecule has 6 heteroatoms. The summed E-state index contributed by atoms with van der Waals surface area (Å²) in [5, 5.41) is 3.40. The molecule has 1 atom stereocenters. The van der Waals surface area contributed by atoms with Gasteiger partial charge >= 0.3 is 0 Å². The van der Waals surface area contributed by atoms with Gasteiger partial charge in [0.1, 0.15) is 11.6 Å². The van der Waals surface area contributed by atoms with Gasteiger partial charge in [0.05, 0.1) is 18.1 Å². The highest BCUT2D eigenvalue weighted by atomic mass is 35.5. The Morgan fingerprint density at radius 3 is 2.89 bits per heavy atom. The third-order valence-corrected chi connectivity index (χ3v) is 2.99. The van der Waals surface area contributed by atoms with E-state index in [2.05, 4.69) is 10.1 Å². The molecule has 1 heterocycles. The fourth-order valence-electron chi connectivity index (χ4n) is 1.45. The van der Waals surface area contributed by atoms with E-state index < -0.39 is 5.82 Å². The molecular weight excluding hydrogens is 259 g/mol. The summed E-state index contributed by atoms with van der Waals surface area (Å²) in [4.78, 5) is 4.08. The van der Waals surface area contributed by atoms with Crippen LogP contribution in [-0.4, -0.2) is 17.3 Å². The quantitative estimate of drug-likeness (QED) is 0.797. The molecule has 0 radical (unpaired) electrons. The molecule has 0 amide bonds. The average Bonchev–Trinajstić information content (AvgIpc) is 2.87. The van der Waals surface area contributed by atoms with E-state index >= 15 is 0 Å². The van der Waals surface area contributed by atoms with Gasteiger partial charge in [-0.25, -0.2) is 4.39 Å². The molecule has 0 N–H and O–H groups in total. The van der Waals surface area contributed by atoms with Crippen LogP contribution < -0.4 is 4.74 Å². The summed E-state index contributed by atoms with van der Waals surface area (Å²) in [7, 11) is 1.47. The topological polar surface area (TPSA) is 48.2 Å². The molecule has 4 nitrogen and oxygen atoms in total. The minimum absolute atomic E-state index is 0.115. The second-order valence-corrected chi connectivity index (χ2v) is 4.21. The maximum absolute atomic E-state index is 13.8. The van der Waals surface area contributed by atoms with Crippen molar-refractivity contribution < 1.29 is 13.7 Å². The summed E-state index contributed by atoms with van der Waals surface area (Å²) in [6.45, 7) is 1.90. The van der Waals surface area contributed by atoms with Crippen molar-refractivity contribution in [2.75, 3.05) is 7.11 Å². The van der Waals surface area contributed by atoms with Crippen LogP contribution in [0.5, 0.6) is 5.75 Å². The zero-order chi connectivity index (χ0) is 13.1. The lowest BCUT2D eigenvalue weighted by atomic mass is 10.2. The number of aromatic nitrogens is 2. The fraction of sp³-hybridized carbons (Fsp3) is 0.333. The van der Waals surface area contributed by atoms with Gasteiger partial charge in [-0.05, 0) is 18.6 Å². The average molecular weight is 271 g/mol. The maximum atomic E-state index is 13.8. The lowest BCUT2D eigenvalue weighted by Crippen LogP contribution is -1.92. The van der Waals surface area contributed by atoms with Gasteiger partial charge in [0, 0.05) is 6.07 Å². The number of rotatable bonds is 4. The number of halogens is 2. The van der Waals surface area contributed by atoms with Crippen molar-refractivity contribution >= 4 is 11.6 Å². The monoisotopic (exact) mass is 270 g/mol. The first kappa shape index (κ1) is 12.8. The number of methoxy groups -OCH3 is 1. The number of benzene rings is 1. The number of alkyl halides is 1. The number of ether oxygens (including phenoxy) is 1. The molecule has 1 unspecified atom stereocenters. The molecular formula is C12H12ClFN2O2. The number of hydrogen-bond donors (Lipinski definition) is 0. The van der Waals surface area contributed by atoms with E-state index in [9.17, 15) is 4.39 Å². The van der Waals surface area contributed by atoms with Crippen LogP contribution in [0, 0.1) is 5.82 Å². The highest BCUT2D eigenvalue weighted by Crippen LogP contribution is 2.27. The van der Waals surface area contributed by atoms with Gasteiger partial charge in [0.2, 0.25) is 0 Å². The van der Waals surface area contributed by atoms with E-state index in [4.69, 9.17) is 20.9 Å². The van der Waals surface area contributed by atoms with Crippen molar-refractivity contribution in [2.45, 2.75) is 18.7 Å². The molecule has 2 aromatic rings. The van der Waals surface area contributed by atoms with Crippen LogP contribution in [-0.2, 0) is 0 Å². The van der Waals surface area contributed by atoms with Crippen LogP contribution in [0.15, 0.2) is 22.7 Å². The molecule has 1 aromatic heterocycles. The first-order chi connectivity index (χ1) is 8.65. The molecule has 0 aliphatic carbocycles. The van der Waals surface area contributed by atoms with Crippen molar-refractivity contribution in [3.8, 4) is 17.2 Å². The largest absolute Gasteiger partial charge is 0.497 e. The molecule has 18 heavy (non-hydrogen) atoms. The van der Waals surface area contributed by atoms with E-state index in [1.165, 1.54) is 19.2 Å². The highest BCUT2D eigenvalue weighted by molar-refractivity contribution is 6.20. The summed E-state index contributed by atoms with van der Waals surface area (Å²) in [6.07, 6.45) is 0.672. The minimum Gasteiger partial charge on any atom is -0.497 e. The van der Waals surface area contributed by atoms with Gasteiger partial charge in [-0.3, -0.25) is 0 Å². The Morgan fingerprint density at radius 2 is 2.28 bits per heavy atom.